The first-order valence-electron chi connectivity index (χ1n) is 6.05. The van der Waals surface area contributed by atoms with Crippen molar-refractivity contribution in [2.24, 2.45) is 11.8 Å². The van der Waals surface area contributed by atoms with E-state index in [2.05, 4.69) is 12.1 Å². The van der Waals surface area contributed by atoms with E-state index >= 15 is 0 Å². The Hall–Kier alpha value is -1.31. The van der Waals surface area contributed by atoms with Crippen LogP contribution in [0.2, 0.25) is 0 Å². The summed E-state index contributed by atoms with van der Waals surface area (Å²) in [5.41, 5.74) is 1.22. The lowest BCUT2D eigenvalue weighted by molar-refractivity contribution is -0.139. The van der Waals surface area contributed by atoms with E-state index < -0.39 is 5.97 Å². The van der Waals surface area contributed by atoms with Crippen molar-refractivity contribution in [1.29, 1.82) is 0 Å². The molecule has 3 rings (SSSR count). The molecule has 2 aliphatic carbocycles. The smallest absolute Gasteiger partial charge is 0.307 e. The van der Waals surface area contributed by atoms with E-state index in [0.29, 0.717) is 5.92 Å². The van der Waals surface area contributed by atoms with Gasteiger partial charge in [0.05, 0.1) is 5.92 Å². The summed E-state index contributed by atoms with van der Waals surface area (Å²) in [7, 11) is 0. The van der Waals surface area contributed by atoms with Gasteiger partial charge in [-0.2, -0.15) is 0 Å². The molecule has 0 unspecified atom stereocenters. The standard InChI is InChI=1S/C14H16O2/c15-13(16)12-11-8-4-5-9-14(11,12)10-6-2-1-3-7-10/h1-3,6-7,11-12H,4-5,8-9H2,(H,15,16)/t11-,12+,14+/m1/s1. The molecular formula is C14H16O2. The zero-order valence-electron chi connectivity index (χ0n) is 9.23. The lowest BCUT2D eigenvalue weighted by atomic mass is 9.82. The second-order valence-corrected chi connectivity index (χ2v) is 5.07. The molecule has 1 aromatic carbocycles. The number of hydrogen-bond acceptors (Lipinski definition) is 1. The van der Waals surface area contributed by atoms with Gasteiger partial charge in [0, 0.05) is 5.41 Å². The van der Waals surface area contributed by atoms with Gasteiger partial charge in [-0.25, -0.2) is 0 Å². The van der Waals surface area contributed by atoms with Gasteiger partial charge < -0.3 is 5.11 Å². The quantitative estimate of drug-likeness (QED) is 0.825. The third-order valence-corrected chi connectivity index (χ3v) is 4.44. The molecule has 84 valence electrons. The van der Waals surface area contributed by atoms with Crippen molar-refractivity contribution in [3.63, 3.8) is 0 Å². The van der Waals surface area contributed by atoms with Crippen LogP contribution in [0.25, 0.3) is 0 Å². The summed E-state index contributed by atoms with van der Waals surface area (Å²) in [4.78, 5) is 11.3. The van der Waals surface area contributed by atoms with Gasteiger partial charge in [0.15, 0.2) is 0 Å². The zero-order valence-corrected chi connectivity index (χ0v) is 9.23. The fraction of sp³-hybridized carbons (Fsp3) is 0.500. The van der Waals surface area contributed by atoms with Gasteiger partial charge in [-0.1, -0.05) is 43.2 Å². The fourth-order valence-electron chi connectivity index (χ4n) is 3.74. The topological polar surface area (TPSA) is 37.3 Å². The van der Waals surface area contributed by atoms with Crippen LogP contribution < -0.4 is 0 Å². The Morgan fingerprint density at radius 1 is 1.25 bits per heavy atom. The Balaban J connectivity index is 2.00. The van der Waals surface area contributed by atoms with E-state index in [9.17, 15) is 9.90 Å². The predicted octanol–water partition coefficient (Wildman–Crippen LogP) is 2.83. The predicted molar refractivity (Wildman–Crippen MR) is 61.2 cm³/mol. The average Bonchev–Trinajstić information content (AvgIpc) is 3.00. The van der Waals surface area contributed by atoms with Crippen molar-refractivity contribution in [1.82, 2.24) is 0 Å². The Morgan fingerprint density at radius 2 is 2.00 bits per heavy atom. The SMILES string of the molecule is O=C(O)[C@@H]1[C@H]2CCCC[C@]21c1ccccc1. The van der Waals surface area contributed by atoms with Crippen LogP contribution in [-0.2, 0) is 10.2 Å². The summed E-state index contributed by atoms with van der Waals surface area (Å²) in [6, 6.07) is 10.2. The Bertz CT molecular complexity index is 412. The minimum atomic E-state index is -0.601. The van der Waals surface area contributed by atoms with Gasteiger partial charge in [0.2, 0.25) is 0 Å². The number of aliphatic carboxylic acids is 1. The first kappa shape index (κ1) is 9.88. The highest BCUT2D eigenvalue weighted by molar-refractivity contribution is 5.78. The Morgan fingerprint density at radius 3 is 2.69 bits per heavy atom. The minimum Gasteiger partial charge on any atom is -0.481 e. The molecular weight excluding hydrogens is 200 g/mol. The highest BCUT2D eigenvalue weighted by Crippen LogP contribution is 2.67. The minimum absolute atomic E-state index is 0.0225. The maximum absolute atomic E-state index is 11.3. The number of carbonyl (C=O) groups is 1. The lowest BCUT2D eigenvalue weighted by Crippen LogP contribution is -2.17. The van der Waals surface area contributed by atoms with Gasteiger partial charge in [-0.15, -0.1) is 0 Å². The summed E-state index contributed by atoms with van der Waals surface area (Å²) in [6.45, 7) is 0. The van der Waals surface area contributed by atoms with Crippen molar-refractivity contribution in [3.8, 4) is 0 Å². The van der Waals surface area contributed by atoms with Crippen LogP contribution in [0.5, 0.6) is 0 Å². The fourth-order valence-corrected chi connectivity index (χ4v) is 3.74. The molecule has 0 amide bonds. The molecule has 0 radical (unpaired) electrons. The van der Waals surface area contributed by atoms with Gasteiger partial charge >= 0.3 is 5.97 Å². The molecule has 0 heterocycles. The third-order valence-electron chi connectivity index (χ3n) is 4.44. The van der Waals surface area contributed by atoms with Crippen molar-refractivity contribution in [2.45, 2.75) is 31.1 Å². The number of carboxylic acid groups (broad SMARTS) is 1. The highest BCUT2D eigenvalue weighted by Gasteiger charge is 2.68. The van der Waals surface area contributed by atoms with Crippen LogP contribution >= 0.6 is 0 Å². The van der Waals surface area contributed by atoms with Crippen molar-refractivity contribution >= 4 is 5.97 Å². The van der Waals surface area contributed by atoms with Crippen LogP contribution in [0.1, 0.15) is 31.2 Å². The monoisotopic (exact) mass is 216 g/mol. The number of fused-ring (bicyclic) bond motifs is 1. The van der Waals surface area contributed by atoms with Gasteiger partial charge in [-0.3, -0.25) is 4.79 Å². The molecule has 0 spiro atoms. The molecule has 0 bridgehead atoms. The van der Waals surface area contributed by atoms with Gasteiger partial charge in [-0.05, 0) is 24.3 Å². The van der Waals surface area contributed by atoms with E-state index in [4.69, 9.17) is 0 Å². The molecule has 2 nitrogen and oxygen atoms in total. The Labute approximate surface area is 95.3 Å². The van der Waals surface area contributed by atoms with Crippen molar-refractivity contribution < 1.29 is 9.90 Å². The first-order chi connectivity index (χ1) is 7.77. The molecule has 2 heteroatoms. The number of rotatable bonds is 2. The summed E-state index contributed by atoms with van der Waals surface area (Å²) < 4.78 is 0. The second kappa shape index (κ2) is 3.34. The molecule has 16 heavy (non-hydrogen) atoms. The molecule has 2 aliphatic rings. The summed E-state index contributed by atoms with van der Waals surface area (Å²) in [6.07, 6.45) is 4.52. The largest absolute Gasteiger partial charge is 0.481 e. The van der Waals surface area contributed by atoms with Crippen LogP contribution in [0.3, 0.4) is 0 Å². The molecule has 0 saturated heterocycles. The molecule has 2 saturated carbocycles. The first-order valence-corrected chi connectivity index (χ1v) is 6.05. The molecule has 3 atom stereocenters. The Kier molecular flexibility index (Phi) is 2.06. The normalized spacial score (nSPS) is 36.5. The van der Waals surface area contributed by atoms with Gasteiger partial charge in [0.25, 0.3) is 0 Å². The maximum atomic E-state index is 11.3. The average molecular weight is 216 g/mol. The maximum Gasteiger partial charge on any atom is 0.307 e. The summed E-state index contributed by atoms with van der Waals surface area (Å²) in [5, 5.41) is 9.31. The molecule has 1 aromatic rings. The van der Waals surface area contributed by atoms with Crippen LogP contribution in [0.15, 0.2) is 30.3 Å². The number of hydrogen-bond donors (Lipinski definition) is 1. The number of benzene rings is 1. The van der Waals surface area contributed by atoms with Crippen LogP contribution in [0.4, 0.5) is 0 Å². The third kappa shape index (κ3) is 1.16. The van der Waals surface area contributed by atoms with Gasteiger partial charge in [0.1, 0.15) is 0 Å². The highest BCUT2D eigenvalue weighted by atomic mass is 16.4. The van der Waals surface area contributed by atoms with E-state index in [-0.39, 0.29) is 11.3 Å². The second-order valence-electron chi connectivity index (χ2n) is 5.07. The molecule has 2 fully saturated rings. The lowest BCUT2D eigenvalue weighted by Gasteiger charge is -2.22. The van der Waals surface area contributed by atoms with E-state index in [1.54, 1.807) is 0 Å². The summed E-state index contributed by atoms with van der Waals surface area (Å²) in [5.74, 6) is -0.339. The van der Waals surface area contributed by atoms with Crippen molar-refractivity contribution in [2.75, 3.05) is 0 Å². The van der Waals surface area contributed by atoms with Crippen molar-refractivity contribution in [3.05, 3.63) is 35.9 Å². The van der Waals surface area contributed by atoms with E-state index in [1.807, 2.05) is 18.2 Å². The number of carboxylic acids is 1. The van der Waals surface area contributed by atoms with E-state index in [0.717, 1.165) is 12.8 Å². The zero-order chi connectivity index (χ0) is 11.2. The molecule has 1 N–H and O–H groups in total. The van der Waals surface area contributed by atoms with Crippen LogP contribution in [-0.4, -0.2) is 11.1 Å². The molecule has 0 aromatic heterocycles. The molecule has 0 aliphatic heterocycles. The van der Waals surface area contributed by atoms with Crippen LogP contribution in [0, 0.1) is 11.8 Å². The van der Waals surface area contributed by atoms with E-state index in [1.165, 1.54) is 18.4 Å². The summed E-state index contributed by atoms with van der Waals surface area (Å²) >= 11 is 0.